The number of ether oxygens (including phenoxy) is 1. The molecule has 0 radical (unpaired) electrons. The average Bonchev–Trinajstić information content (AvgIpc) is 2.02. The molecule has 0 aromatic heterocycles. The Morgan fingerprint density at radius 1 is 1.38 bits per heavy atom. The lowest BCUT2D eigenvalue weighted by atomic mass is 10.2. The lowest BCUT2D eigenvalue weighted by Crippen LogP contribution is -2.42. The van der Waals surface area contributed by atoms with E-state index in [0.717, 1.165) is 7.11 Å². The third kappa shape index (κ3) is 4.62. The van der Waals surface area contributed by atoms with Gasteiger partial charge in [-0.25, -0.2) is 9.59 Å². The fourth-order valence-corrected chi connectivity index (χ4v) is 0.576. The highest BCUT2D eigenvalue weighted by molar-refractivity contribution is 5.84. The van der Waals surface area contributed by atoms with E-state index in [1.165, 1.54) is 0 Å². The van der Waals surface area contributed by atoms with Gasteiger partial charge in [-0.1, -0.05) is 0 Å². The highest BCUT2D eigenvalue weighted by atomic mass is 16.5. The van der Waals surface area contributed by atoms with Gasteiger partial charge in [-0.05, 0) is 0 Å². The van der Waals surface area contributed by atoms with E-state index in [2.05, 4.69) is 4.74 Å². The van der Waals surface area contributed by atoms with Gasteiger partial charge in [-0.2, -0.15) is 0 Å². The van der Waals surface area contributed by atoms with Gasteiger partial charge in [0.05, 0.1) is 13.5 Å². The molecule has 1 amide bonds. The van der Waals surface area contributed by atoms with Gasteiger partial charge in [-0.3, -0.25) is 4.79 Å². The number of aliphatic carboxylic acids is 2. The van der Waals surface area contributed by atoms with Crippen LogP contribution in [-0.4, -0.2) is 41.4 Å². The molecule has 0 aromatic carbocycles. The molecule has 0 saturated heterocycles. The normalized spacial score (nSPS) is 11.5. The van der Waals surface area contributed by atoms with E-state index in [-0.39, 0.29) is 0 Å². The zero-order valence-electron chi connectivity index (χ0n) is 6.81. The number of methoxy groups -OCH3 is 1. The molecule has 0 fully saturated rings. The van der Waals surface area contributed by atoms with Crippen molar-refractivity contribution in [3.8, 4) is 0 Å². The van der Waals surface area contributed by atoms with E-state index in [4.69, 9.17) is 10.2 Å². The Kier molecular flexibility index (Phi) is 4.28. The monoisotopic (exact) mass is 191 g/mol. The molecule has 13 heavy (non-hydrogen) atoms. The largest absolute Gasteiger partial charge is 0.481 e. The fraction of sp³-hybridized carbons (Fsp3) is 0.500. The van der Waals surface area contributed by atoms with Gasteiger partial charge in [0.1, 0.15) is 6.04 Å². The Bertz CT molecular complexity index is 225. The first kappa shape index (κ1) is 11.2. The van der Waals surface area contributed by atoms with Crippen LogP contribution >= 0.6 is 0 Å². The molecule has 0 saturated carbocycles. The van der Waals surface area contributed by atoms with E-state index in [9.17, 15) is 14.4 Å². The van der Waals surface area contributed by atoms with Crippen LogP contribution in [0.15, 0.2) is 0 Å². The highest BCUT2D eigenvalue weighted by Crippen LogP contribution is 1.93. The van der Waals surface area contributed by atoms with Crippen molar-refractivity contribution >= 4 is 18.0 Å². The minimum Gasteiger partial charge on any atom is -0.481 e. The van der Waals surface area contributed by atoms with Crippen LogP contribution in [0.1, 0.15) is 6.42 Å². The van der Waals surface area contributed by atoms with E-state index < -0.39 is 30.5 Å². The molecule has 7 nitrogen and oxygen atoms in total. The predicted octanol–water partition coefficient (Wildman–Crippen LogP) is -0.730. The molecule has 0 spiro atoms. The average molecular weight is 191 g/mol. The summed E-state index contributed by atoms with van der Waals surface area (Å²) >= 11 is 0. The van der Waals surface area contributed by atoms with Crippen LogP contribution in [0.25, 0.3) is 0 Å². The second-order valence-electron chi connectivity index (χ2n) is 2.12. The quantitative estimate of drug-likeness (QED) is 0.540. The maximum atomic E-state index is 10.5. The minimum atomic E-state index is -1.47. The first-order valence-electron chi connectivity index (χ1n) is 3.26. The number of carboxylic acids is 2. The van der Waals surface area contributed by atoms with Crippen LogP contribution in [-0.2, 0) is 14.3 Å². The van der Waals surface area contributed by atoms with Crippen molar-refractivity contribution < 1.29 is 29.3 Å². The molecule has 7 heteroatoms. The van der Waals surface area contributed by atoms with Gasteiger partial charge in [0, 0.05) is 0 Å². The fourth-order valence-electron chi connectivity index (χ4n) is 0.576. The Morgan fingerprint density at radius 2 is 1.92 bits per heavy atom. The molecule has 1 atom stereocenters. The summed E-state index contributed by atoms with van der Waals surface area (Å²) in [6.07, 6.45) is -1.67. The lowest BCUT2D eigenvalue weighted by Gasteiger charge is -2.10. The number of alkyl carbamates (subject to hydrolysis) is 1. The number of nitrogens with one attached hydrogen (secondary N) is 1. The van der Waals surface area contributed by atoms with Crippen LogP contribution in [0, 0.1) is 0 Å². The summed E-state index contributed by atoms with van der Waals surface area (Å²) in [6.45, 7) is 0. The van der Waals surface area contributed by atoms with E-state index in [1.54, 1.807) is 0 Å². The first-order valence-corrected chi connectivity index (χ1v) is 3.26. The molecular formula is C6H9NO6. The lowest BCUT2D eigenvalue weighted by molar-refractivity contribution is -0.145. The predicted molar refractivity (Wildman–Crippen MR) is 39.2 cm³/mol. The third-order valence-electron chi connectivity index (χ3n) is 1.15. The molecule has 3 N–H and O–H groups in total. The summed E-state index contributed by atoms with van der Waals surface area (Å²) in [7, 11) is 1.05. The topological polar surface area (TPSA) is 113 Å². The summed E-state index contributed by atoms with van der Waals surface area (Å²) in [4.78, 5) is 31.0. The molecule has 0 unspecified atom stereocenters. The van der Waals surface area contributed by atoms with Gasteiger partial charge < -0.3 is 20.3 Å². The van der Waals surface area contributed by atoms with Crippen LogP contribution in [0.4, 0.5) is 4.79 Å². The number of carboxylic acid groups (broad SMARTS) is 2. The Morgan fingerprint density at radius 3 is 2.23 bits per heavy atom. The zero-order valence-corrected chi connectivity index (χ0v) is 6.81. The summed E-state index contributed by atoms with van der Waals surface area (Å²) in [5.41, 5.74) is 0. The van der Waals surface area contributed by atoms with Gasteiger partial charge in [0.25, 0.3) is 0 Å². The van der Waals surface area contributed by atoms with Gasteiger partial charge in [-0.15, -0.1) is 0 Å². The summed E-state index contributed by atoms with van der Waals surface area (Å²) < 4.78 is 4.11. The van der Waals surface area contributed by atoms with Crippen molar-refractivity contribution in [2.45, 2.75) is 12.5 Å². The van der Waals surface area contributed by atoms with Crippen molar-refractivity contribution in [1.82, 2.24) is 5.32 Å². The number of carbonyl (C=O) groups is 3. The van der Waals surface area contributed by atoms with Crippen molar-refractivity contribution in [2.24, 2.45) is 0 Å². The van der Waals surface area contributed by atoms with Crippen LogP contribution in [0.5, 0.6) is 0 Å². The summed E-state index contributed by atoms with van der Waals surface area (Å²) in [6, 6.07) is -1.47. The highest BCUT2D eigenvalue weighted by Gasteiger charge is 2.22. The number of rotatable bonds is 4. The molecule has 74 valence electrons. The van der Waals surface area contributed by atoms with Crippen molar-refractivity contribution in [2.75, 3.05) is 7.11 Å². The zero-order chi connectivity index (χ0) is 10.4. The van der Waals surface area contributed by atoms with E-state index in [0.29, 0.717) is 0 Å². The summed E-state index contributed by atoms with van der Waals surface area (Å²) in [5.74, 6) is -2.74. The molecule has 0 aliphatic heterocycles. The molecule has 0 aliphatic rings. The molecular weight excluding hydrogens is 182 g/mol. The van der Waals surface area contributed by atoms with E-state index >= 15 is 0 Å². The molecule has 0 aromatic rings. The third-order valence-corrected chi connectivity index (χ3v) is 1.15. The molecule has 0 aliphatic carbocycles. The van der Waals surface area contributed by atoms with Gasteiger partial charge >= 0.3 is 18.0 Å². The molecule has 0 heterocycles. The van der Waals surface area contributed by atoms with Crippen LogP contribution in [0.2, 0.25) is 0 Å². The number of hydrogen-bond donors (Lipinski definition) is 3. The number of amides is 1. The van der Waals surface area contributed by atoms with Crippen LogP contribution in [0.3, 0.4) is 0 Å². The molecule has 0 rings (SSSR count). The van der Waals surface area contributed by atoms with Crippen molar-refractivity contribution in [1.29, 1.82) is 0 Å². The Labute approximate surface area is 73.3 Å². The smallest absolute Gasteiger partial charge is 0.407 e. The maximum Gasteiger partial charge on any atom is 0.407 e. The van der Waals surface area contributed by atoms with Gasteiger partial charge in [0.2, 0.25) is 0 Å². The van der Waals surface area contributed by atoms with Crippen LogP contribution < -0.4 is 5.32 Å². The number of hydrogen-bond acceptors (Lipinski definition) is 4. The SMILES string of the molecule is COC(=O)N[C@@H](CC(=O)O)C(=O)O. The van der Waals surface area contributed by atoms with E-state index in [1.807, 2.05) is 5.32 Å². The van der Waals surface area contributed by atoms with Gasteiger partial charge in [0.15, 0.2) is 0 Å². The molecule has 0 bridgehead atoms. The maximum absolute atomic E-state index is 10.5. The van der Waals surface area contributed by atoms with Crippen molar-refractivity contribution in [3.05, 3.63) is 0 Å². The number of carbonyl (C=O) groups excluding carboxylic acids is 1. The standard InChI is InChI=1S/C6H9NO6/c1-13-6(12)7-3(5(10)11)2-4(8)9/h3H,2H2,1H3,(H,7,12)(H,8,9)(H,10,11)/t3-/m0/s1. The first-order chi connectivity index (χ1) is 5.97. The second-order valence-corrected chi connectivity index (χ2v) is 2.12. The minimum absolute atomic E-state index is 0.690. The Hall–Kier alpha value is -1.79. The van der Waals surface area contributed by atoms with Crippen molar-refractivity contribution in [3.63, 3.8) is 0 Å². The second kappa shape index (κ2) is 4.96. The Balaban J connectivity index is 4.18. The summed E-state index contributed by atoms with van der Waals surface area (Å²) in [5, 5.41) is 18.6.